The summed E-state index contributed by atoms with van der Waals surface area (Å²) >= 11 is 0. The van der Waals surface area contributed by atoms with Crippen molar-refractivity contribution in [1.82, 2.24) is 5.01 Å². The molecule has 0 bridgehead atoms. The first kappa shape index (κ1) is 16.1. The van der Waals surface area contributed by atoms with Gasteiger partial charge in [-0.1, -0.05) is 32.9 Å². The fraction of sp³-hybridized carbons (Fsp3) is 0.429. The van der Waals surface area contributed by atoms with Crippen LogP contribution >= 0.6 is 0 Å². The molecule has 110 valence electrons. The molecule has 0 aromatic heterocycles. The Morgan fingerprint density at radius 3 is 2.50 bits per heavy atom. The summed E-state index contributed by atoms with van der Waals surface area (Å²) in [5, 5.41) is 14.4. The highest BCUT2D eigenvalue weighted by atomic mass is 19.2. The second-order valence-corrected chi connectivity index (χ2v) is 5.57. The van der Waals surface area contributed by atoms with Crippen LogP contribution in [0.5, 0.6) is 0 Å². The summed E-state index contributed by atoms with van der Waals surface area (Å²) < 4.78 is 26.5. The maximum absolute atomic E-state index is 13.4. The van der Waals surface area contributed by atoms with E-state index in [0.29, 0.717) is 0 Å². The lowest BCUT2D eigenvalue weighted by Gasteiger charge is -2.32. The Bertz CT molecular complexity index is 524. The van der Waals surface area contributed by atoms with Crippen LogP contribution in [0, 0.1) is 17.0 Å². The molecule has 0 aliphatic rings. The van der Waals surface area contributed by atoms with Gasteiger partial charge in [-0.25, -0.2) is 13.6 Å². The van der Waals surface area contributed by atoms with Gasteiger partial charge in [-0.05, 0) is 11.5 Å². The smallest absolute Gasteiger partial charge is 0.328 e. The highest BCUT2D eigenvalue weighted by Crippen LogP contribution is 2.24. The molecule has 0 aliphatic carbocycles. The Morgan fingerprint density at radius 2 is 2.00 bits per heavy atom. The Labute approximate surface area is 116 Å². The molecule has 0 fully saturated rings. The molecule has 1 atom stereocenters. The summed E-state index contributed by atoms with van der Waals surface area (Å²) in [6.45, 7) is 5.29. The third kappa shape index (κ3) is 3.76. The van der Waals surface area contributed by atoms with Gasteiger partial charge in [0.25, 0.3) is 0 Å². The molecule has 1 rings (SSSR count). The summed E-state index contributed by atoms with van der Waals surface area (Å²) in [5.41, 5.74) is -0.590. The first-order valence-electron chi connectivity index (χ1n) is 6.08. The van der Waals surface area contributed by atoms with E-state index in [2.05, 4.69) is 5.10 Å². The molecule has 4 nitrogen and oxygen atoms in total. The fourth-order valence-corrected chi connectivity index (χ4v) is 1.93. The Kier molecular flexibility index (Phi) is 4.81. The topological polar surface area (TPSA) is 52.9 Å². The summed E-state index contributed by atoms with van der Waals surface area (Å²) in [7, 11) is 1.48. The zero-order valence-electron chi connectivity index (χ0n) is 11.9. The highest BCUT2D eigenvalue weighted by Gasteiger charge is 2.34. The summed E-state index contributed by atoms with van der Waals surface area (Å²) in [4.78, 5) is 11.3. The van der Waals surface area contributed by atoms with Gasteiger partial charge >= 0.3 is 5.97 Å². The number of carbonyl (C=O) groups is 1. The number of hydrogen-bond acceptors (Lipinski definition) is 3. The fourth-order valence-electron chi connectivity index (χ4n) is 1.93. The van der Waals surface area contributed by atoms with E-state index in [1.807, 2.05) is 0 Å². The molecule has 1 aromatic carbocycles. The minimum Gasteiger partial charge on any atom is -0.480 e. The van der Waals surface area contributed by atoms with E-state index in [1.165, 1.54) is 24.2 Å². The van der Waals surface area contributed by atoms with Crippen molar-refractivity contribution in [2.45, 2.75) is 26.8 Å². The van der Waals surface area contributed by atoms with Crippen molar-refractivity contribution in [2.75, 3.05) is 7.05 Å². The van der Waals surface area contributed by atoms with Gasteiger partial charge in [0, 0.05) is 12.6 Å². The largest absolute Gasteiger partial charge is 0.480 e. The normalized spacial score (nSPS) is 13.5. The van der Waals surface area contributed by atoms with Crippen LogP contribution < -0.4 is 0 Å². The lowest BCUT2D eigenvalue weighted by molar-refractivity contribution is -0.146. The molecular weight excluding hydrogens is 266 g/mol. The van der Waals surface area contributed by atoms with Gasteiger partial charge in [0.15, 0.2) is 11.6 Å². The monoisotopic (exact) mass is 284 g/mol. The zero-order valence-corrected chi connectivity index (χ0v) is 11.9. The van der Waals surface area contributed by atoms with Crippen LogP contribution in [0.2, 0.25) is 0 Å². The molecule has 0 saturated heterocycles. The standard InChI is InChI=1S/C14H18F2N2O2/c1-14(2,3)12(13(19)20)18(4)17-8-9-6-5-7-10(15)11(9)16/h5-8,12H,1-4H3,(H,19,20)/t12-/m1/s1. The van der Waals surface area contributed by atoms with Gasteiger partial charge in [-0.2, -0.15) is 5.10 Å². The first-order valence-corrected chi connectivity index (χ1v) is 6.08. The van der Waals surface area contributed by atoms with E-state index < -0.39 is 29.1 Å². The second kappa shape index (κ2) is 5.98. The number of likely N-dealkylation sites (N-methyl/N-ethyl adjacent to an activating group) is 1. The van der Waals surface area contributed by atoms with Crippen LogP contribution in [-0.4, -0.2) is 35.4 Å². The molecule has 20 heavy (non-hydrogen) atoms. The number of benzene rings is 1. The van der Waals surface area contributed by atoms with Crippen molar-refractivity contribution >= 4 is 12.2 Å². The molecule has 6 heteroatoms. The molecule has 0 heterocycles. The van der Waals surface area contributed by atoms with Crippen LogP contribution in [0.1, 0.15) is 26.3 Å². The van der Waals surface area contributed by atoms with Crippen LogP contribution in [0.25, 0.3) is 0 Å². The number of hydrogen-bond donors (Lipinski definition) is 1. The van der Waals surface area contributed by atoms with E-state index >= 15 is 0 Å². The number of rotatable bonds is 4. The minimum atomic E-state index is -1.03. The number of nitrogens with zero attached hydrogens (tertiary/aromatic N) is 2. The van der Waals surface area contributed by atoms with E-state index in [-0.39, 0.29) is 5.56 Å². The van der Waals surface area contributed by atoms with Crippen molar-refractivity contribution < 1.29 is 18.7 Å². The van der Waals surface area contributed by atoms with Crippen molar-refractivity contribution in [2.24, 2.45) is 10.5 Å². The first-order chi connectivity index (χ1) is 9.14. The third-order valence-electron chi connectivity index (χ3n) is 2.79. The second-order valence-electron chi connectivity index (χ2n) is 5.57. The molecule has 0 amide bonds. The summed E-state index contributed by atoms with van der Waals surface area (Å²) in [6.07, 6.45) is 1.11. The van der Waals surface area contributed by atoms with E-state index in [1.54, 1.807) is 20.8 Å². The number of carboxylic acid groups (broad SMARTS) is 1. The Balaban J connectivity index is 2.99. The van der Waals surface area contributed by atoms with E-state index in [4.69, 9.17) is 0 Å². The van der Waals surface area contributed by atoms with E-state index in [0.717, 1.165) is 12.3 Å². The van der Waals surface area contributed by atoms with Gasteiger partial charge in [-0.15, -0.1) is 0 Å². The average Bonchev–Trinajstić information content (AvgIpc) is 2.28. The predicted octanol–water partition coefficient (Wildman–Crippen LogP) is 2.73. The highest BCUT2D eigenvalue weighted by molar-refractivity contribution is 5.80. The maximum atomic E-state index is 13.4. The molecule has 0 spiro atoms. The Morgan fingerprint density at radius 1 is 1.40 bits per heavy atom. The van der Waals surface area contributed by atoms with Crippen LogP contribution in [0.4, 0.5) is 8.78 Å². The lowest BCUT2D eigenvalue weighted by Crippen LogP contribution is -2.45. The Hall–Kier alpha value is -1.98. The summed E-state index contributed by atoms with van der Waals surface area (Å²) in [5.74, 6) is -3.01. The lowest BCUT2D eigenvalue weighted by atomic mass is 9.86. The summed E-state index contributed by atoms with van der Waals surface area (Å²) in [6, 6.07) is 2.85. The number of halogens is 2. The van der Waals surface area contributed by atoms with Gasteiger partial charge < -0.3 is 5.11 Å². The third-order valence-corrected chi connectivity index (χ3v) is 2.79. The predicted molar refractivity (Wildman–Crippen MR) is 72.6 cm³/mol. The van der Waals surface area contributed by atoms with Crippen molar-refractivity contribution in [3.05, 3.63) is 35.4 Å². The molecule has 0 unspecified atom stereocenters. The number of aliphatic carboxylic acids is 1. The number of hydrazone groups is 1. The maximum Gasteiger partial charge on any atom is 0.328 e. The SMILES string of the molecule is CN(N=Cc1cccc(F)c1F)[C@H](C(=O)O)C(C)(C)C. The molecule has 0 aliphatic heterocycles. The minimum absolute atomic E-state index is 0.0325. The molecule has 1 aromatic rings. The van der Waals surface area contributed by atoms with Crippen molar-refractivity contribution in [3.8, 4) is 0 Å². The van der Waals surface area contributed by atoms with E-state index in [9.17, 15) is 18.7 Å². The van der Waals surface area contributed by atoms with Gasteiger partial charge in [0.2, 0.25) is 0 Å². The molecule has 0 saturated carbocycles. The molecular formula is C14H18F2N2O2. The van der Waals surface area contributed by atoms with Crippen molar-refractivity contribution in [3.63, 3.8) is 0 Å². The van der Waals surface area contributed by atoms with Gasteiger partial charge in [0.1, 0.15) is 6.04 Å². The van der Waals surface area contributed by atoms with Crippen LogP contribution in [-0.2, 0) is 4.79 Å². The average molecular weight is 284 g/mol. The van der Waals surface area contributed by atoms with Crippen molar-refractivity contribution in [1.29, 1.82) is 0 Å². The van der Waals surface area contributed by atoms with Gasteiger partial charge in [0.05, 0.1) is 6.21 Å². The number of carboxylic acids is 1. The zero-order chi connectivity index (χ0) is 15.5. The van der Waals surface area contributed by atoms with Gasteiger partial charge in [-0.3, -0.25) is 5.01 Å². The van der Waals surface area contributed by atoms with Crippen LogP contribution in [0.3, 0.4) is 0 Å². The molecule has 1 N–H and O–H groups in total. The quantitative estimate of drug-likeness (QED) is 0.683. The van der Waals surface area contributed by atoms with Crippen LogP contribution in [0.15, 0.2) is 23.3 Å². The molecule has 0 radical (unpaired) electrons.